The molecule has 0 bridgehead atoms. The number of aromatic hydroxyl groups is 1. The largest absolute Gasteiger partial charge is 0.504 e. The van der Waals surface area contributed by atoms with Crippen molar-refractivity contribution in [2.45, 2.75) is 6.61 Å². The number of aliphatic hydroxyl groups excluding tert-OH is 1. The van der Waals surface area contributed by atoms with Gasteiger partial charge >= 0.3 is 0 Å². The standard InChI is InChI=1S/C8H9NO4/c10-4-6-1-2-8(7(12)3-6)13-9-5-11/h1-3,5,10,12H,4H2,(H,9,11). The maximum absolute atomic E-state index is 9.85. The first-order valence-corrected chi connectivity index (χ1v) is 3.56. The van der Waals surface area contributed by atoms with E-state index in [4.69, 9.17) is 5.11 Å². The van der Waals surface area contributed by atoms with Crippen LogP contribution < -0.4 is 10.3 Å². The lowest BCUT2D eigenvalue weighted by atomic mass is 10.2. The second-order valence-corrected chi connectivity index (χ2v) is 2.30. The van der Waals surface area contributed by atoms with Gasteiger partial charge in [0.05, 0.1) is 6.61 Å². The van der Waals surface area contributed by atoms with E-state index in [2.05, 4.69) is 4.84 Å². The number of rotatable bonds is 4. The number of phenols is 1. The molecule has 3 N–H and O–H groups in total. The Hall–Kier alpha value is -1.75. The summed E-state index contributed by atoms with van der Waals surface area (Å²) in [5.74, 6) is -0.00907. The Balaban J connectivity index is 2.78. The summed E-state index contributed by atoms with van der Waals surface area (Å²) in [7, 11) is 0. The third kappa shape index (κ3) is 2.34. The lowest BCUT2D eigenvalue weighted by molar-refractivity contribution is -0.115. The molecule has 0 aromatic heterocycles. The highest BCUT2D eigenvalue weighted by Crippen LogP contribution is 2.25. The number of carbonyl (C=O) groups is 1. The zero-order valence-corrected chi connectivity index (χ0v) is 6.73. The molecule has 1 aromatic carbocycles. The Morgan fingerprint density at radius 2 is 2.31 bits per heavy atom. The first-order valence-electron chi connectivity index (χ1n) is 3.56. The van der Waals surface area contributed by atoms with Crippen LogP contribution in [-0.4, -0.2) is 16.6 Å². The Morgan fingerprint density at radius 3 is 2.85 bits per heavy atom. The van der Waals surface area contributed by atoms with E-state index in [9.17, 15) is 9.90 Å². The van der Waals surface area contributed by atoms with Crippen molar-refractivity contribution in [3.63, 3.8) is 0 Å². The molecule has 0 saturated heterocycles. The van der Waals surface area contributed by atoms with Crippen molar-refractivity contribution < 1.29 is 19.8 Å². The normalized spacial score (nSPS) is 9.31. The molecule has 0 aliphatic heterocycles. The predicted molar refractivity (Wildman–Crippen MR) is 43.9 cm³/mol. The fraction of sp³-hybridized carbons (Fsp3) is 0.125. The fourth-order valence-corrected chi connectivity index (χ4v) is 0.835. The van der Waals surface area contributed by atoms with E-state index in [1.807, 2.05) is 5.48 Å². The van der Waals surface area contributed by atoms with E-state index in [0.717, 1.165) is 0 Å². The molecule has 0 unspecified atom stereocenters. The highest BCUT2D eigenvalue weighted by atomic mass is 16.7. The molecule has 13 heavy (non-hydrogen) atoms. The van der Waals surface area contributed by atoms with E-state index in [-0.39, 0.29) is 18.1 Å². The fourth-order valence-electron chi connectivity index (χ4n) is 0.835. The highest BCUT2D eigenvalue weighted by molar-refractivity contribution is 5.46. The summed E-state index contributed by atoms with van der Waals surface area (Å²) >= 11 is 0. The smallest absolute Gasteiger partial charge is 0.239 e. The monoisotopic (exact) mass is 183 g/mol. The van der Waals surface area contributed by atoms with Gasteiger partial charge in [-0.2, -0.15) is 5.48 Å². The number of aliphatic hydroxyl groups is 1. The van der Waals surface area contributed by atoms with Crippen LogP contribution in [0.25, 0.3) is 0 Å². The quantitative estimate of drug-likeness (QED) is 0.450. The minimum absolute atomic E-state index is 0.129. The van der Waals surface area contributed by atoms with E-state index in [0.29, 0.717) is 12.0 Å². The Morgan fingerprint density at radius 1 is 1.54 bits per heavy atom. The van der Waals surface area contributed by atoms with Crippen LogP contribution in [0.15, 0.2) is 18.2 Å². The van der Waals surface area contributed by atoms with Gasteiger partial charge in [0.2, 0.25) is 6.41 Å². The van der Waals surface area contributed by atoms with Gasteiger partial charge in [0, 0.05) is 0 Å². The summed E-state index contributed by atoms with van der Waals surface area (Å²) in [5.41, 5.74) is 2.51. The molecule has 0 atom stereocenters. The van der Waals surface area contributed by atoms with Crippen molar-refractivity contribution in [2.75, 3.05) is 0 Å². The molecule has 0 radical (unpaired) electrons. The highest BCUT2D eigenvalue weighted by Gasteiger charge is 2.02. The molecule has 0 saturated carbocycles. The molecule has 1 amide bonds. The van der Waals surface area contributed by atoms with Gasteiger partial charge in [-0.05, 0) is 17.7 Å². The number of hydroxylamine groups is 1. The number of hydrogen-bond acceptors (Lipinski definition) is 4. The number of nitrogens with one attached hydrogen (secondary N) is 1. The number of carbonyl (C=O) groups excluding carboxylic acids is 1. The van der Waals surface area contributed by atoms with E-state index in [1.54, 1.807) is 6.07 Å². The second-order valence-electron chi connectivity index (χ2n) is 2.30. The minimum Gasteiger partial charge on any atom is -0.504 e. The van der Waals surface area contributed by atoms with Gasteiger partial charge in [0.1, 0.15) is 0 Å². The zero-order chi connectivity index (χ0) is 9.68. The van der Waals surface area contributed by atoms with Crippen molar-refractivity contribution in [3.05, 3.63) is 23.8 Å². The third-order valence-electron chi connectivity index (χ3n) is 1.42. The Kier molecular flexibility index (Phi) is 3.10. The van der Waals surface area contributed by atoms with Crippen LogP contribution in [0.1, 0.15) is 5.56 Å². The summed E-state index contributed by atoms with van der Waals surface area (Å²) in [6, 6.07) is 4.36. The molecule has 5 nitrogen and oxygen atoms in total. The van der Waals surface area contributed by atoms with Crippen LogP contribution >= 0.6 is 0 Å². The lowest BCUT2D eigenvalue weighted by Crippen LogP contribution is -2.15. The second kappa shape index (κ2) is 4.32. The molecule has 5 heteroatoms. The molecule has 1 rings (SSSR count). The number of phenolic OH excluding ortho intramolecular Hbond substituents is 1. The van der Waals surface area contributed by atoms with Crippen molar-refractivity contribution in [2.24, 2.45) is 0 Å². The lowest BCUT2D eigenvalue weighted by Gasteiger charge is -2.05. The van der Waals surface area contributed by atoms with Gasteiger partial charge in [-0.1, -0.05) is 6.07 Å². The summed E-state index contributed by atoms with van der Waals surface area (Å²) in [4.78, 5) is 14.5. The number of hydrogen-bond donors (Lipinski definition) is 3. The Bertz CT molecular complexity index is 300. The van der Waals surface area contributed by atoms with E-state index < -0.39 is 0 Å². The van der Waals surface area contributed by atoms with Crippen LogP contribution in [0.3, 0.4) is 0 Å². The molecule has 1 aromatic rings. The van der Waals surface area contributed by atoms with Crippen LogP contribution in [-0.2, 0) is 11.4 Å². The van der Waals surface area contributed by atoms with Gasteiger partial charge in [-0.3, -0.25) is 4.79 Å². The maximum Gasteiger partial charge on any atom is 0.239 e. The SMILES string of the molecule is O=CNOc1ccc(CO)cc1O. The summed E-state index contributed by atoms with van der Waals surface area (Å²) in [6.45, 7) is -0.158. The molecular formula is C8H9NO4. The molecule has 0 aliphatic rings. The minimum atomic E-state index is -0.158. The molecule has 0 heterocycles. The first-order chi connectivity index (χ1) is 6.27. The van der Waals surface area contributed by atoms with Gasteiger partial charge < -0.3 is 15.1 Å². The topological polar surface area (TPSA) is 78.8 Å². The molecule has 70 valence electrons. The predicted octanol–water partition coefficient (Wildman–Crippen LogP) is -0.0757. The van der Waals surface area contributed by atoms with Crippen LogP contribution in [0, 0.1) is 0 Å². The van der Waals surface area contributed by atoms with Crippen LogP contribution in [0.4, 0.5) is 0 Å². The van der Waals surface area contributed by atoms with Gasteiger partial charge in [0.15, 0.2) is 11.5 Å². The summed E-state index contributed by atoms with van der Waals surface area (Å²) in [5, 5.41) is 18.0. The van der Waals surface area contributed by atoms with Crippen LogP contribution in [0.5, 0.6) is 11.5 Å². The first kappa shape index (κ1) is 9.34. The van der Waals surface area contributed by atoms with E-state index in [1.165, 1.54) is 12.1 Å². The molecule has 0 fully saturated rings. The number of benzene rings is 1. The molecule has 0 spiro atoms. The molecular weight excluding hydrogens is 174 g/mol. The van der Waals surface area contributed by atoms with Crippen LogP contribution in [0.2, 0.25) is 0 Å². The summed E-state index contributed by atoms with van der Waals surface area (Å²) in [6.07, 6.45) is 0.347. The Labute approximate surface area is 74.5 Å². The van der Waals surface area contributed by atoms with Crippen molar-refractivity contribution in [1.82, 2.24) is 5.48 Å². The van der Waals surface area contributed by atoms with Crippen molar-refractivity contribution in [1.29, 1.82) is 0 Å². The average Bonchev–Trinajstić information content (AvgIpc) is 2.16. The van der Waals surface area contributed by atoms with Gasteiger partial charge in [-0.25, -0.2) is 0 Å². The van der Waals surface area contributed by atoms with Gasteiger partial charge in [-0.15, -0.1) is 0 Å². The van der Waals surface area contributed by atoms with Gasteiger partial charge in [0.25, 0.3) is 0 Å². The summed E-state index contributed by atoms with van der Waals surface area (Å²) < 4.78 is 0. The third-order valence-corrected chi connectivity index (χ3v) is 1.42. The number of amides is 1. The maximum atomic E-state index is 9.85. The molecule has 0 aliphatic carbocycles. The van der Waals surface area contributed by atoms with Crippen molar-refractivity contribution >= 4 is 6.41 Å². The average molecular weight is 183 g/mol. The van der Waals surface area contributed by atoms with Crippen molar-refractivity contribution in [3.8, 4) is 11.5 Å². The van der Waals surface area contributed by atoms with E-state index >= 15 is 0 Å². The zero-order valence-electron chi connectivity index (χ0n) is 6.73.